The lowest BCUT2D eigenvalue weighted by atomic mass is 9.92. The van der Waals surface area contributed by atoms with Gasteiger partial charge in [-0.15, -0.1) is 0 Å². The Morgan fingerprint density at radius 2 is 1.46 bits per heavy atom. The van der Waals surface area contributed by atoms with E-state index in [2.05, 4.69) is 25.8 Å². The van der Waals surface area contributed by atoms with E-state index < -0.39 is 24.0 Å². The molecular weight excluding hydrogens is 628 g/mol. The van der Waals surface area contributed by atoms with Crippen molar-refractivity contribution < 1.29 is 22.3 Å². The van der Waals surface area contributed by atoms with E-state index in [1.165, 1.54) is 0 Å². The lowest BCUT2D eigenvalue weighted by molar-refractivity contribution is -0.0361. The second-order valence-electron chi connectivity index (χ2n) is 13.6. The molecule has 0 bridgehead atoms. The Balaban J connectivity index is 1.18. The highest BCUT2D eigenvalue weighted by atomic mass is 19.3. The van der Waals surface area contributed by atoms with E-state index >= 15 is 0 Å². The summed E-state index contributed by atoms with van der Waals surface area (Å²) in [6.45, 7) is 7.46. The van der Waals surface area contributed by atoms with Crippen molar-refractivity contribution in [1.29, 1.82) is 0 Å². The van der Waals surface area contributed by atoms with Gasteiger partial charge in [-0.3, -0.25) is 0 Å². The third kappa shape index (κ3) is 7.24. The molecule has 11 nitrogen and oxygen atoms in total. The molecule has 3 aliphatic carbocycles. The van der Waals surface area contributed by atoms with Crippen molar-refractivity contribution in [3.8, 4) is 17.6 Å². The van der Waals surface area contributed by atoms with Gasteiger partial charge in [0.15, 0.2) is 5.82 Å². The fraction of sp³-hybridized carbons (Fsp3) is 0.576. The average Bonchev–Trinajstić information content (AvgIpc) is 3.62. The van der Waals surface area contributed by atoms with Crippen LogP contribution in [0.25, 0.3) is 11.8 Å². The van der Waals surface area contributed by atoms with Gasteiger partial charge in [0, 0.05) is 67.6 Å². The van der Waals surface area contributed by atoms with Crippen LogP contribution in [0.5, 0.6) is 5.88 Å². The zero-order valence-electron chi connectivity index (χ0n) is 27.5. The van der Waals surface area contributed by atoms with Crippen LogP contribution in [0, 0.1) is 20.8 Å². The van der Waals surface area contributed by atoms with Crippen LogP contribution >= 0.6 is 0 Å². The molecule has 0 spiro atoms. The molecule has 2 unspecified atom stereocenters. The maximum Gasteiger partial charge on any atom is 0.253 e. The van der Waals surface area contributed by atoms with Crippen molar-refractivity contribution in [2.24, 2.45) is 0 Å². The summed E-state index contributed by atoms with van der Waals surface area (Å²) in [5.41, 5.74) is 3.70. The summed E-state index contributed by atoms with van der Waals surface area (Å²) < 4.78 is 65.3. The summed E-state index contributed by atoms with van der Waals surface area (Å²) in [6.07, 6.45) is 1.66. The standard InChI is InChI=1S/C33H40F4N10O/c1-18-13-20(3)46(44-18)31-41-25(15-27(42-31)38-24-9-12-33(36,37)17-24)21(4)48-29-14-19(2)45-47(29)28-16-26(22-5-6-22)40-30(43-28)39-23-7-10-32(34,35)11-8-23/h13-16,21-24H,5-12,17H2,1-4H3,(H,38,41,42)(H,39,40,43). The molecule has 3 aliphatic rings. The first-order valence-electron chi connectivity index (χ1n) is 16.6. The smallest absolute Gasteiger partial charge is 0.253 e. The minimum atomic E-state index is -2.71. The Morgan fingerprint density at radius 3 is 2.12 bits per heavy atom. The largest absolute Gasteiger partial charge is 0.468 e. The van der Waals surface area contributed by atoms with Crippen LogP contribution < -0.4 is 15.4 Å². The summed E-state index contributed by atoms with van der Waals surface area (Å²) in [5, 5.41) is 15.7. The number of hydrogen-bond acceptors (Lipinski definition) is 9. The molecule has 15 heteroatoms. The molecule has 3 fully saturated rings. The monoisotopic (exact) mass is 668 g/mol. The van der Waals surface area contributed by atoms with Gasteiger partial charge in [0.1, 0.15) is 11.9 Å². The number of aromatic nitrogens is 8. The number of nitrogens with zero attached hydrogens (tertiary/aromatic N) is 8. The number of alkyl halides is 4. The van der Waals surface area contributed by atoms with Crippen molar-refractivity contribution in [2.45, 2.75) is 121 Å². The van der Waals surface area contributed by atoms with Gasteiger partial charge >= 0.3 is 0 Å². The number of ether oxygens (including phenoxy) is 1. The second-order valence-corrected chi connectivity index (χ2v) is 13.6. The second kappa shape index (κ2) is 12.3. The highest BCUT2D eigenvalue weighted by Crippen LogP contribution is 2.41. The number of nitrogens with one attached hydrogen (secondary N) is 2. The SMILES string of the molecule is Cc1cc(C)n(-c2nc(NC3CCC(F)(F)C3)cc(C(C)Oc3cc(C)nn3-c3cc(C4CC4)nc(NC4CCC(F)(F)CC4)n3)n2)n1. The Kier molecular flexibility index (Phi) is 8.26. The van der Waals surface area contributed by atoms with Crippen LogP contribution in [-0.4, -0.2) is 63.4 Å². The molecule has 3 saturated carbocycles. The van der Waals surface area contributed by atoms with Crippen LogP contribution in [0.1, 0.15) is 105 Å². The Labute approximate surface area is 275 Å². The molecular formula is C33H40F4N10O. The van der Waals surface area contributed by atoms with Crippen LogP contribution in [0.2, 0.25) is 0 Å². The van der Waals surface area contributed by atoms with Gasteiger partial charge in [0.25, 0.3) is 5.95 Å². The summed E-state index contributed by atoms with van der Waals surface area (Å²) >= 11 is 0. The van der Waals surface area contributed by atoms with Crippen molar-refractivity contribution in [3.05, 3.63) is 52.7 Å². The third-order valence-electron chi connectivity index (χ3n) is 9.20. The lowest BCUT2D eigenvalue weighted by Crippen LogP contribution is -2.32. The molecule has 48 heavy (non-hydrogen) atoms. The number of hydrogen-bond donors (Lipinski definition) is 2. The van der Waals surface area contributed by atoms with Gasteiger partial charge in [-0.25, -0.2) is 32.2 Å². The van der Waals surface area contributed by atoms with Crippen LogP contribution in [0.15, 0.2) is 24.3 Å². The molecule has 0 aromatic carbocycles. The van der Waals surface area contributed by atoms with Crippen molar-refractivity contribution in [1.82, 2.24) is 39.5 Å². The third-order valence-corrected chi connectivity index (χ3v) is 9.20. The summed E-state index contributed by atoms with van der Waals surface area (Å²) in [6, 6.07) is 6.75. The summed E-state index contributed by atoms with van der Waals surface area (Å²) in [5.74, 6) is -3.02. The van der Waals surface area contributed by atoms with Gasteiger partial charge < -0.3 is 15.4 Å². The van der Waals surface area contributed by atoms with Gasteiger partial charge in [0.05, 0.1) is 22.8 Å². The molecule has 0 aliphatic heterocycles. The highest BCUT2D eigenvalue weighted by molar-refractivity contribution is 5.43. The number of aryl methyl sites for hydroxylation is 3. The first-order chi connectivity index (χ1) is 22.8. The summed E-state index contributed by atoms with van der Waals surface area (Å²) in [4.78, 5) is 18.9. The van der Waals surface area contributed by atoms with Crippen LogP contribution in [0.4, 0.5) is 29.3 Å². The van der Waals surface area contributed by atoms with E-state index in [-0.39, 0.29) is 31.7 Å². The molecule has 4 aromatic heterocycles. The van der Waals surface area contributed by atoms with Gasteiger partial charge in [-0.05, 0) is 65.9 Å². The zero-order chi connectivity index (χ0) is 33.8. The molecule has 2 N–H and O–H groups in total. The van der Waals surface area contributed by atoms with E-state index in [1.807, 2.05) is 39.8 Å². The molecule has 256 valence electrons. The minimum Gasteiger partial charge on any atom is -0.468 e. The first-order valence-corrected chi connectivity index (χ1v) is 16.6. The Morgan fingerprint density at radius 1 is 0.771 bits per heavy atom. The molecule has 4 aromatic rings. The minimum absolute atomic E-state index is 0.144. The van der Waals surface area contributed by atoms with E-state index in [0.29, 0.717) is 66.0 Å². The Hall–Kier alpha value is -4.30. The van der Waals surface area contributed by atoms with E-state index in [9.17, 15) is 17.6 Å². The van der Waals surface area contributed by atoms with E-state index in [0.717, 1.165) is 29.9 Å². The van der Waals surface area contributed by atoms with E-state index in [4.69, 9.17) is 19.7 Å². The highest BCUT2D eigenvalue weighted by Gasteiger charge is 2.40. The number of anilines is 2. The number of halogens is 4. The summed E-state index contributed by atoms with van der Waals surface area (Å²) in [7, 11) is 0. The first kappa shape index (κ1) is 32.3. The average molecular weight is 669 g/mol. The van der Waals surface area contributed by atoms with Gasteiger partial charge in [-0.1, -0.05) is 0 Å². The Bertz CT molecular complexity index is 1790. The fourth-order valence-electron chi connectivity index (χ4n) is 6.49. The maximum atomic E-state index is 14.0. The van der Waals surface area contributed by atoms with Crippen LogP contribution in [0.3, 0.4) is 0 Å². The quantitative estimate of drug-likeness (QED) is 0.170. The van der Waals surface area contributed by atoms with E-state index in [1.54, 1.807) is 21.5 Å². The molecule has 0 radical (unpaired) electrons. The zero-order valence-corrected chi connectivity index (χ0v) is 27.5. The van der Waals surface area contributed by atoms with Crippen molar-refractivity contribution in [3.63, 3.8) is 0 Å². The van der Waals surface area contributed by atoms with Crippen molar-refractivity contribution >= 4 is 11.8 Å². The molecule has 7 rings (SSSR count). The predicted octanol–water partition coefficient (Wildman–Crippen LogP) is 7.17. The van der Waals surface area contributed by atoms with Crippen LogP contribution in [-0.2, 0) is 0 Å². The molecule has 4 heterocycles. The molecule has 0 amide bonds. The van der Waals surface area contributed by atoms with Crippen molar-refractivity contribution in [2.75, 3.05) is 10.6 Å². The predicted molar refractivity (Wildman–Crippen MR) is 171 cm³/mol. The lowest BCUT2D eigenvalue weighted by Gasteiger charge is -2.29. The normalized spacial score (nSPS) is 21.3. The molecule has 2 atom stereocenters. The van der Waals surface area contributed by atoms with Gasteiger partial charge in [0.2, 0.25) is 23.7 Å². The topological polar surface area (TPSA) is 120 Å². The maximum absolute atomic E-state index is 14.0. The fourth-order valence-corrected chi connectivity index (χ4v) is 6.49. The number of rotatable bonds is 10. The van der Waals surface area contributed by atoms with Gasteiger partial charge in [-0.2, -0.15) is 24.8 Å². The molecule has 0 saturated heterocycles.